The Kier molecular flexibility index (Phi) is 8.98. The predicted octanol–water partition coefficient (Wildman–Crippen LogP) is 6.90. The smallest absolute Gasteiger partial charge is 0.164 e. The van der Waals surface area contributed by atoms with E-state index in [0.717, 1.165) is 24.1 Å². The van der Waals surface area contributed by atoms with Crippen LogP contribution in [0.1, 0.15) is 70.2 Å². The summed E-state index contributed by atoms with van der Waals surface area (Å²) in [7, 11) is 0. The Morgan fingerprint density at radius 2 is 2.07 bits per heavy atom. The molecule has 0 radical (unpaired) electrons. The lowest BCUT2D eigenvalue weighted by atomic mass is 9.76. The molecule has 2 atom stereocenters. The highest BCUT2D eigenvalue weighted by Gasteiger charge is 2.33. The van der Waals surface area contributed by atoms with E-state index in [1.54, 1.807) is 18.5 Å². The van der Waals surface area contributed by atoms with Crippen LogP contribution in [0, 0.1) is 11.8 Å². The zero-order valence-electron chi connectivity index (χ0n) is 18.3. The SMILES string of the molecule is C=C/C(=C\C)C1=CN=C2C(CCC(=O)c3cccnc3)=CC(C)CC12.CCCC. The second-order valence-corrected chi connectivity index (χ2v) is 7.67. The molecule has 154 valence electrons. The summed E-state index contributed by atoms with van der Waals surface area (Å²) in [5.74, 6) is 0.945. The molecule has 2 aliphatic rings. The van der Waals surface area contributed by atoms with Crippen molar-refractivity contribution in [2.24, 2.45) is 16.8 Å². The molecule has 1 aromatic heterocycles. The summed E-state index contributed by atoms with van der Waals surface area (Å²) in [6.45, 7) is 12.5. The van der Waals surface area contributed by atoms with Crippen LogP contribution in [0.5, 0.6) is 0 Å². The third-order valence-corrected chi connectivity index (χ3v) is 5.44. The Hall–Kier alpha value is -2.55. The number of fused-ring (bicyclic) bond motifs is 1. The maximum atomic E-state index is 12.4. The van der Waals surface area contributed by atoms with E-state index in [1.807, 2.05) is 25.3 Å². The molecule has 3 nitrogen and oxygen atoms in total. The molecule has 0 bridgehead atoms. The van der Waals surface area contributed by atoms with Crippen molar-refractivity contribution in [3.8, 4) is 0 Å². The maximum Gasteiger partial charge on any atom is 0.164 e. The number of aromatic nitrogens is 1. The monoisotopic (exact) mass is 390 g/mol. The quantitative estimate of drug-likeness (QED) is 0.375. The van der Waals surface area contributed by atoms with Gasteiger partial charge in [-0.3, -0.25) is 14.8 Å². The third-order valence-electron chi connectivity index (χ3n) is 5.44. The number of hydrogen-bond acceptors (Lipinski definition) is 3. The Morgan fingerprint density at radius 1 is 1.31 bits per heavy atom. The van der Waals surface area contributed by atoms with Gasteiger partial charge in [-0.25, -0.2) is 0 Å². The summed E-state index contributed by atoms with van der Waals surface area (Å²) in [6, 6.07) is 3.63. The fourth-order valence-electron chi connectivity index (χ4n) is 3.69. The highest BCUT2D eigenvalue weighted by Crippen LogP contribution is 2.39. The van der Waals surface area contributed by atoms with E-state index >= 15 is 0 Å². The van der Waals surface area contributed by atoms with Gasteiger partial charge in [0.25, 0.3) is 0 Å². The van der Waals surface area contributed by atoms with Gasteiger partial charge in [-0.2, -0.15) is 0 Å². The molecule has 2 heterocycles. The van der Waals surface area contributed by atoms with Crippen molar-refractivity contribution in [1.29, 1.82) is 0 Å². The molecule has 1 aliphatic carbocycles. The summed E-state index contributed by atoms with van der Waals surface area (Å²) >= 11 is 0. The molecule has 3 rings (SSSR count). The number of Topliss-reactive ketones (excluding diaryl/α,β-unsaturated/α-hetero) is 1. The molecule has 0 saturated heterocycles. The van der Waals surface area contributed by atoms with Crippen molar-refractivity contribution in [1.82, 2.24) is 4.98 Å². The summed E-state index contributed by atoms with van der Waals surface area (Å²) in [6.07, 6.45) is 16.5. The molecule has 0 fully saturated rings. The van der Waals surface area contributed by atoms with Gasteiger partial charge >= 0.3 is 0 Å². The van der Waals surface area contributed by atoms with E-state index in [1.165, 1.54) is 24.0 Å². The molecule has 0 N–H and O–H groups in total. The number of carbonyl (C=O) groups excluding carboxylic acids is 1. The molecule has 0 spiro atoms. The van der Waals surface area contributed by atoms with Crippen molar-refractivity contribution in [3.63, 3.8) is 0 Å². The lowest BCUT2D eigenvalue weighted by Crippen LogP contribution is -2.24. The number of allylic oxidation sites excluding steroid dienone is 6. The van der Waals surface area contributed by atoms with Crippen molar-refractivity contribution in [2.75, 3.05) is 0 Å². The molecule has 29 heavy (non-hydrogen) atoms. The number of nitrogens with zero attached hydrogens (tertiary/aromatic N) is 2. The first-order chi connectivity index (χ1) is 14.0. The van der Waals surface area contributed by atoms with Crippen LogP contribution in [0.4, 0.5) is 0 Å². The average Bonchev–Trinajstić information content (AvgIpc) is 3.17. The Labute approximate surface area is 176 Å². The van der Waals surface area contributed by atoms with Crippen LogP contribution in [0.3, 0.4) is 0 Å². The largest absolute Gasteiger partial charge is 0.294 e. The van der Waals surface area contributed by atoms with E-state index in [2.05, 4.69) is 44.5 Å². The van der Waals surface area contributed by atoms with Crippen LogP contribution in [0.15, 0.2) is 77.2 Å². The first-order valence-electron chi connectivity index (χ1n) is 10.8. The third kappa shape index (κ3) is 5.96. The molecule has 0 amide bonds. The van der Waals surface area contributed by atoms with Gasteiger partial charge in [0.2, 0.25) is 0 Å². The van der Waals surface area contributed by atoms with Gasteiger partial charge in [0.15, 0.2) is 5.78 Å². The Bertz CT molecular complexity index is 826. The number of hydrogen-bond donors (Lipinski definition) is 0. The number of rotatable bonds is 7. The van der Waals surface area contributed by atoms with Gasteiger partial charge in [-0.05, 0) is 54.5 Å². The van der Waals surface area contributed by atoms with Crippen LogP contribution in [-0.2, 0) is 0 Å². The van der Waals surface area contributed by atoms with E-state index < -0.39 is 0 Å². The van der Waals surface area contributed by atoms with Crippen LogP contribution in [0.25, 0.3) is 0 Å². The Balaban J connectivity index is 0.000000687. The van der Waals surface area contributed by atoms with Gasteiger partial charge < -0.3 is 0 Å². The Morgan fingerprint density at radius 3 is 2.66 bits per heavy atom. The van der Waals surface area contributed by atoms with Gasteiger partial charge in [0.1, 0.15) is 0 Å². The van der Waals surface area contributed by atoms with E-state index in [0.29, 0.717) is 23.8 Å². The molecule has 0 saturated carbocycles. The topological polar surface area (TPSA) is 42.3 Å². The molecule has 0 aromatic carbocycles. The molecule has 1 aliphatic heterocycles. The first-order valence-corrected chi connectivity index (χ1v) is 10.8. The van der Waals surface area contributed by atoms with Gasteiger partial charge in [0, 0.05) is 36.5 Å². The van der Waals surface area contributed by atoms with Gasteiger partial charge in [-0.15, -0.1) is 0 Å². The minimum absolute atomic E-state index is 0.135. The number of carbonyl (C=O) groups is 1. The average molecular weight is 391 g/mol. The molecule has 3 heteroatoms. The summed E-state index contributed by atoms with van der Waals surface area (Å²) in [5, 5.41) is 0. The fourth-order valence-corrected chi connectivity index (χ4v) is 3.69. The molecular formula is C26H34N2O. The number of pyridine rings is 1. The lowest BCUT2D eigenvalue weighted by molar-refractivity contribution is 0.0982. The first kappa shape index (κ1) is 22.7. The van der Waals surface area contributed by atoms with Crippen LogP contribution < -0.4 is 0 Å². The highest BCUT2D eigenvalue weighted by molar-refractivity contribution is 6.07. The van der Waals surface area contributed by atoms with Crippen LogP contribution in [-0.4, -0.2) is 16.5 Å². The normalized spacial score (nSPS) is 20.6. The minimum Gasteiger partial charge on any atom is -0.294 e. The van der Waals surface area contributed by atoms with Crippen LogP contribution >= 0.6 is 0 Å². The number of ketones is 1. The van der Waals surface area contributed by atoms with Gasteiger partial charge in [-0.1, -0.05) is 58.4 Å². The van der Waals surface area contributed by atoms with Crippen LogP contribution in [0.2, 0.25) is 0 Å². The fraction of sp³-hybridized carbons (Fsp3) is 0.423. The summed E-state index contributed by atoms with van der Waals surface area (Å²) < 4.78 is 0. The van der Waals surface area contributed by atoms with Crippen molar-refractivity contribution < 1.29 is 4.79 Å². The number of aliphatic imine (C=N–C) groups is 1. The van der Waals surface area contributed by atoms with E-state index in [9.17, 15) is 4.79 Å². The zero-order valence-corrected chi connectivity index (χ0v) is 18.3. The van der Waals surface area contributed by atoms with Gasteiger partial charge in [0.05, 0.1) is 5.71 Å². The summed E-state index contributed by atoms with van der Waals surface area (Å²) in [4.78, 5) is 21.1. The maximum absolute atomic E-state index is 12.4. The molecular weight excluding hydrogens is 356 g/mol. The second-order valence-electron chi connectivity index (χ2n) is 7.67. The van der Waals surface area contributed by atoms with Crippen molar-refractivity contribution in [2.45, 2.75) is 59.8 Å². The van der Waals surface area contributed by atoms with Crippen molar-refractivity contribution in [3.05, 3.63) is 77.8 Å². The molecule has 2 unspecified atom stereocenters. The van der Waals surface area contributed by atoms with E-state index in [-0.39, 0.29) is 5.78 Å². The minimum atomic E-state index is 0.135. The van der Waals surface area contributed by atoms with E-state index in [4.69, 9.17) is 4.99 Å². The lowest BCUT2D eigenvalue weighted by Gasteiger charge is -2.27. The highest BCUT2D eigenvalue weighted by atomic mass is 16.1. The summed E-state index contributed by atoms with van der Waals surface area (Å²) in [5.41, 5.74) is 5.44. The standard InChI is InChI=1S/C22H24N2O.C4H10/c1-4-16(5-2)20-14-24-22-17(11-15(3)12-19(20)22)8-9-21(25)18-7-6-10-23-13-18;1-3-4-2/h4-7,10-11,13-15,19H,1,8-9,12H2,2-3H3;3-4H2,1-2H3/b16-5+;. The predicted molar refractivity (Wildman–Crippen MR) is 123 cm³/mol. The van der Waals surface area contributed by atoms with Crippen molar-refractivity contribution >= 4 is 11.5 Å². The molecule has 1 aromatic rings. The number of unbranched alkanes of at least 4 members (excludes halogenated alkanes) is 1. The zero-order chi connectivity index (χ0) is 21.2. The second kappa shape index (κ2) is 11.5.